The molecule has 2 N–H and O–H groups in total. The highest BCUT2D eigenvalue weighted by atomic mass is 32.1. The van der Waals surface area contributed by atoms with Crippen LogP contribution in [0.5, 0.6) is 0 Å². The summed E-state index contributed by atoms with van der Waals surface area (Å²) in [6, 6.07) is 13.6. The van der Waals surface area contributed by atoms with Crippen LogP contribution in [0.15, 0.2) is 53.4 Å². The highest BCUT2D eigenvalue weighted by Crippen LogP contribution is 2.27. The summed E-state index contributed by atoms with van der Waals surface area (Å²) in [7, 11) is 0. The van der Waals surface area contributed by atoms with E-state index in [1.54, 1.807) is 11.6 Å². The Bertz CT molecular complexity index is 1260. The number of nitrogens with zero attached hydrogens (tertiary/aromatic N) is 3. The van der Waals surface area contributed by atoms with Crippen LogP contribution in [0.25, 0.3) is 11.0 Å². The summed E-state index contributed by atoms with van der Waals surface area (Å²) in [5.74, 6) is 0.320. The van der Waals surface area contributed by atoms with Crippen LogP contribution in [0.1, 0.15) is 41.3 Å². The van der Waals surface area contributed by atoms with Gasteiger partial charge in [-0.3, -0.25) is 9.59 Å². The van der Waals surface area contributed by atoms with Crippen LogP contribution in [0, 0.1) is 12.8 Å². The first kappa shape index (κ1) is 22.7. The zero-order chi connectivity index (χ0) is 23.4. The number of thiazole rings is 1. The van der Waals surface area contributed by atoms with Crippen LogP contribution in [0.2, 0.25) is 0 Å². The molecular formula is C25H27N5O2S. The number of imidazole rings is 1. The van der Waals surface area contributed by atoms with Crippen molar-refractivity contribution >= 4 is 39.9 Å². The molecule has 0 aliphatic heterocycles. The number of anilines is 1. The second kappa shape index (κ2) is 9.95. The number of benzene rings is 2. The van der Waals surface area contributed by atoms with Gasteiger partial charge in [0.25, 0.3) is 5.91 Å². The fourth-order valence-electron chi connectivity index (χ4n) is 3.64. The lowest BCUT2D eigenvalue weighted by Gasteiger charge is -2.14. The van der Waals surface area contributed by atoms with E-state index in [-0.39, 0.29) is 17.7 Å². The molecule has 33 heavy (non-hydrogen) atoms. The molecule has 0 saturated carbocycles. The summed E-state index contributed by atoms with van der Waals surface area (Å²) in [5, 5.41) is 7.89. The number of amides is 2. The van der Waals surface area contributed by atoms with Gasteiger partial charge in [-0.15, -0.1) is 11.3 Å². The van der Waals surface area contributed by atoms with Crippen LogP contribution in [-0.2, 0) is 17.8 Å². The van der Waals surface area contributed by atoms with E-state index in [9.17, 15) is 9.59 Å². The van der Waals surface area contributed by atoms with Gasteiger partial charge in [0.05, 0.1) is 27.8 Å². The van der Waals surface area contributed by atoms with Crippen LogP contribution in [0.4, 0.5) is 5.69 Å². The smallest absolute Gasteiger partial charge is 0.253 e. The lowest BCUT2D eigenvalue weighted by Crippen LogP contribution is -2.27. The fourth-order valence-corrected chi connectivity index (χ4v) is 4.23. The van der Waals surface area contributed by atoms with Gasteiger partial charge in [0.15, 0.2) is 0 Å². The molecule has 170 valence electrons. The normalized spacial score (nSPS) is 11.2. The molecule has 4 aromatic rings. The summed E-state index contributed by atoms with van der Waals surface area (Å²) in [6.45, 7) is 6.66. The van der Waals surface area contributed by atoms with E-state index in [0.29, 0.717) is 36.3 Å². The van der Waals surface area contributed by atoms with Crippen LogP contribution < -0.4 is 10.6 Å². The molecule has 2 heterocycles. The van der Waals surface area contributed by atoms with Crippen LogP contribution in [-0.4, -0.2) is 32.9 Å². The number of carbonyl (C=O) groups is 2. The topological polar surface area (TPSA) is 88.9 Å². The van der Waals surface area contributed by atoms with E-state index >= 15 is 0 Å². The zero-order valence-corrected chi connectivity index (χ0v) is 19.8. The van der Waals surface area contributed by atoms with E-state index in [0.717, 1.165) is 22.6 Å². The summed E-state index contributed by atoms with van der Waals surface area (Å²) in [5.41, 5.74) is 6.34. The minimum absolute atomic E-state index is 0.107. The second-order valence-corrected chi connectivity index (χ2v) is 8.97. The molecule has 0 saturated heterocycles. The average molecular weight is 462 g/mol. The van der Waals surface area contributed by atoms with Gasteiger partial charge in [0.1, 0.15) is 5.82 Å². The third-order valence-corrected chi connectivity index (χ3v) is 6.04. The standard InChI is InChI=1S/C25H27N5O2S/c1-16(2)24(31)29-20-11-21(25(32)26-10-9-19-14-33-15-27-19)23-22(12-20)28-17(3)30(23)13-18-7-5-4-6-8-18/h4-8,11-12,14-16H,9-10,13H2,1-3H3,(H,26,32)(H,29,31). The van der Waals surface area contributed by atoms with Crippen molar-refractivity contribution in [1.82, 2.24) is 19.9 Å². The average Bonchev–Trinajstić information content (AvgIpc) is 3.41. The van der Waals surface area contributed by atoms with Crippen molar-refractivity contribution in [2.24, 2.45) is 5.92 Å². The summed E-state index contributed by atoms with van der Waals surface area (Å²) in [4.78, 5) is 34.6. The van der Waals surface area contributed by atoms with E-state index < -0.39 is 0 Å². The number of hydrogen-bond acceptors (Lipinski definition) is 5. The highest BCUT2D eigenvalue weighted by molar-refractivity contribution is 7.07. The number of hydrogen-bond donors (Lipinski definition) is 2. The summed E-state index contributed by atoms with van der Waals surface area (Å²) >= 11 is 1.54. The molecular weight excluding hydrogens is 434 g/mol. The second-order valence-electron chi connectivity index (χ2n) is 8.25. The predicted octanol–water partition coefficient (Wildman–Crippen LogP) is 4.42. The van der Waals surface area contributed by atoms with E-state index in [2.05, 4.69) is 27.8 Å². The van der Waals surface area contributed by atoms with E-state index in [1.165, 1.54) is 11.3 Å². The predicted molar refractivity (Wildman–Crippen MR) is 132 cm³/mol. The van der Waals surface area contributed by atoms with Crippen molar-refractivity contribution in [3.8, 4) is 0 Å². The van der Waals surface area contributed by atoms with Crippen molar-refractivity contribution in [2.75, 3.05) is 11.9 Å². The molecule has 0 radical (unpaired) electrons. The van der Waals surface area contributed by atoms with Gasteiger partial charge in [-0.25, -0.2) is 9.97 Å². The van der Waals surface area contributed by atoms with Gasteiger partial charge in [0.2, 0.25) is 5.91 Å². The molecule has 8 heteroatoms. The minimum atomic E-state index is -0.204. The monoisotopic (exact) mass is 461 g/mol. The molecule has 2 aromatic carbocycles. The molecule has 2 amide bonds. The molecule has 4 rings (SSSR count). The van der Waals surface area contributed by atoms with Gasteiger partial charge in [0, 0.05) is 36.5 Å². The number of aryl methyl sites for hydroxylation is 1. The third kappa shape index (κ3) is 5.28. The molecule has 0 aliphatic rings. The third-order valence-electron chi connectivity index (χ3n) is 5.40. The fraction of sp³-hybridized carbons (Fsp3) is 0.280. The Labute approximate surface area is 196 Å². The van der Waals surface area contributed by atoms with Gasteiger partial charge in [-0.1, -0.05) is 44.2 Å². The Kier molecular flexibility index (Phi) is 6.84. The quantitative estimate of drug-likeness (QED) is 0.407. The Morgan fingerprint density at radius 3 is 2.64 bits per heavy atom. The maximum atomic E-state index is 13.3. The van der Waals surface area contributed by atoms with Gasteiger partial charge >= 0.3 is 0 Å². The molecule has 0 atom stereocenters. The highest BCUT2D eigenvalue weighted by Gasteiger charge is 2.20. The maximum absolute atomic E-state index is 13.3. The Morgan fingerprint density at radius 1 is 1.15 bits per heavy atom. The lowest BCUT2D eigenvalue weighted by molar-refractivity contribution is -0.118. The van der Waals surface area contributed by atoms with Gasteiger partial charge in [-0.2, -0.15) is 0 Å². The first-order valence-electron chi connectivity index (χ1n) is 10.9. The van der Waals surface area contributed by atoms with Crippen LogP contribution in [0.3, 0.4) is 0 Å². The number of fused-ring (bicyclic) bond motifs is 1. The van der Waals surface area contributed by atoms with Crippen molar-refractivity contribution in [1.29, 1.82) is 0 Å². The molecule has 0 bridgehead atoms. The Balaban J connectivity index is 1.70. The molecule has 0 fully saturated rings. The Hall–Kier alpha value is -3.52. The largest absolute Gasteiger partial charge is 0.352 e. The molecule has 2 aromatic heterocycles. The molecule has 7 nitrogen and oxygen atoms in total. The van der Waals surface area contributed by atoms with Crippen LogP contribution >= 0.6 is 11.3 Å². The van der Waals surface area contributed by atoms with Crippen molar-refractivity contribution < 1.29 is 9.59 Å². The minimum Gasteiger partial charge on any atom is -0.352 e. The number of nitrogens with one attached hydrogen (secondary N) is 2. The number of aromatic nitrogens is 3. The van der Waals surface area contributed by atoms with Crippen molar-refractivity contribution in [3.05, 3.63) is 76.0 Å². The molecule has 0 unspecified atom stereocenters. The number of carbonyl (C=O) groups excluding carboxylic acids is 2. The molecule has 0 spiro atoms. The zero-order valence-electron chi connectivity index (χ0n) is 19.0. The first-order chi connectivity index (χ1) is 15.9. The first-order valence-corrected chi connectivity index (χ1v) is 11.9. The van der Waals surface area contributed by atoms with Crippen molar-refractivity contribution in [3.63, 3.8) is 0 Å². The Morgan fingerprint density at radius 2 is 1.94 bits per heavy atom. The number of rotatable bonds is 8. The SMILES string of the molecule is Cc1nc2cc(NC(=O)C(C)C)cc(C(=O)NCCc3cscn3)c2n1Cc1ccccc1. The van der Waals surface area contributed by atoms with Gasteiger partial charge in [-0.05, 0) is 24.6 Å². The maximum Gasteiger partial charge on any atom is 0.253 e. The summed E-state index contributed by atoms with van der Waals surface area (Å²) in [6.07, 6.45) is 0.657. The van der Waals surface area contributed by atoms with Crippen molar-refractivity contribution in [2.45, 2.75) is 33.7 Å². The summed E-state index contributed by atoms with van der Waals surface area (Å²) < 4.78 is 2.05. The molecule has 0 aliphatic carbocycles. The van der Waals surface area contributed by atoms with Gasteiger partial charge < -0.3 is 15.2 Å². The van der Waals surface area contributed by atoms with E-state index in [1.807, 2.05) is 55.0 Å². The van der Waals surface area contributed by atoms with E-state index in [4.69, 9.17) is 4.98 Å². The lowest BCUT2D eigenvalue weighted by atomic mass is 10.1.